The summed E-state index contributed by atoms with van der Waals surface area (Å²) in [6.45, 7) is 8.01. The molecule has 1 aromatic carbocycles. The van der Waals surface area contributed by atoms with Gasteiger partial charge in [0.1, 0.15) is 29.1 Å². The number of nitrogens with zero attached hydrogens (tertiary/aromatic N) is 7. The lowest BCUT2D eigenvalue weighted by Crippen LogP contribution is -2.37. The molecule has 4 aromatic rings. The molecule has 0 N–H and O–H groups in total. The molecule has 6 rings (SSSR count). The number of anilines is 1. The van der Waals surface area contributed by atoms with Crippen LogP contribution in [0.25, 0.3) is 22.9 Å². The van der Waals surface area contributed by atoms with Crippen LogP contribution in [0.15, 0.2) is 53.4 Å². The first-order chi connectivity index (χ1) is 19.6. The fourth-order valence-corrected chi connectivity index (χ4v) is 5.56. The van der Waals surface area contributed by atoms with Gasteiger partial charge in [-0.2, -0.15) is 5.10 Å². The maximum absolute atomic E-state index is 15.1. The molecule has 0 radical (unpaired) electrons. The molecule has 1 unspecified atom stereocenters. The van der Waals surface area contributed by atoms with E-state index in [1.807, 2.05) is 25.7 Å². The maximum atomic E-state index is 15.1. The number of benzene rings is 1. The molecule has 214 valence electrons. The predicted molar refractivity (Wildman–Crippen MR) is 146 cm³/mol. The number of hydrogen-bond acceptors (Lipinski definition) is 8. The first-order valence-electron chi connectivity index (χ1n) is 13.6. The van der Waals surface area contributed by atoms with Gasteiger partial charge in [-0.15, -0.1) is 0 Å². The molecule has 0 saturated carbocycles. The maximum Gasteiger partial charge on any atom is 0.410 e. The van der Waals surface area contributed by atoms with Gasteiger partial charge in [0.25, 0.3) is 0 Å². The number of likely N-dealkylation sites (tertiary alicyclic amines) is 1. The van der Waals surface area contributed by atoms with Crippen LogP contribution in [0.2, 0.25) is 0 Å². The van der Waals surface area contributed by atoms with Crippen molar-refractivity contribution in [1.82, 2.24) is 29.8 Å². The molecule has 1 atom stereocenters. The molecule has 5 heterocycles. The quantitative estimate of drug-likeness (QED) is 0.328. The summed E-state index contributed by atoms with van der Waals surface area (Å²) in [4.78, 5) is 25.1. The van der Waals surface area contributed by atoms with Gasteiger partial charge in [-0.25, -0.2) is 23.5 Å². The van der Waals surface area contributed by atoms with E-state index in [-0.39, 0.29) is 35.5 Å². The van der Waals surface area contributed by atoms with Gasteiger partial charge in [-0.1, -0.05) is 23.4 Å². The summed E-state index contributed by atoms with van der Waals surface area (Å²) in [5.74, 6) is -0.457. The minimum atomic E-state index is -0.565. The molecule has 2 fully saturated rings. The van der Waals surface area contributed by atoms with Gasteiger partial charge in [-0.05, 0) is 45.7 Å². The Hall–Kier alpha value is -4.35. The topological polar surface area (TPSA) is 102 Å². The van der Waals surface area contributed by atoms with Crippen LogP contribution in [0.5, 0.6) is 0 Å². The summed E-state index contributed by atoms with van der Waals surface area (Å²) in [7, 11) is 0. The highest BCUT2D eigenvalue weighted by atomic mass is 19.1. The van der Waals surface area contributed by atoms with E-state index in [0.29, 0.717) is 48.8 Å². The molecule has 41 heavy (non-hydrogen) atoms. The van der Waals surface area contributed by atoms with Gasteiger partial charge in [0, 0.05) is 43.2 Å². The molecule has 12 heteroatoms. The number of carbonyl (C=O) groups is 1. The van der Waals surface area contributed by atoms with Crippen molar-refractivity contribution in [1.29, 1.82) is 0 Å². The summed E-state index contributed by atoms with van der Waals surface area (Å²) >= 11 is 0. The summed E-state index contributed by atoms with van der Waals surface area (Å²) in [5, 5.41) is 8.66. The van der Waals surface area contributed by atoms with Crippen LogP contribution in [0, 0.1) is 17.0 Å². The molecule has 1 spiro atoms. The first kappa shape index (κ1) is 26.9. The second-order valence-corrected chi connectivity index (χ2v) is 11.7. The van der Waals surface area contributed by atoms with Crippen molar-refractivity contribution < 1.29 is 22.8 Å². The normalized spacial score (nSPS) is 19.0. The first-order valence-corrected chi connectivity index (χ1v) is 13.6. The molecule has 2 aliphatic rings. The van der Waals surface area contributed by atoms with E-state index in [1.165, 1.54) is 12.3 Å². The Bertz CT molecular complexity index is 1570. The fourth-order valence-electron chi connectivity index (χ4n) is 5.56. The molecule has 0 aliphatic carbocycles. The van der Waals surface area contributed by atoms with Crippen molar-refractivity contribution in [2.45, 2.75) is 45.8 Å². The van der Waals surface area contributed by atoms with Crippen LogP contribution in [-0.2, 0) is 11.3 Å². The van der Waals surface area contributed by atoms with Crippen LogP contribution in [-0.4, -0.2) is 67.7 Å². The Morgan fingerprint density at radius 2 is 1.88 bits per heavy atom. The Labute approximate surface area is 235 Å². The van der Waals surface area contributed by atoms with Crippen molar-refractivity contribution >= 4 is 11.9 Å². The van der Waals surface area contributed by atoms with Crippen molar-refractivity contribution in [2.75, 3.05) is 31.1 Å². The average molecular weight is 564 g/mol. The molecule has 3 aromatic heterocycles. The number of halogens is 2. The minimum Gasteiger partial charge on any atom is -0.444 e. The fraction of sp³-hybridized carbons (Fsp3) is 0.414. The largest absolute Gasteiger partial charge is 0.444 e. The third-order valence-corrected chi connectivity index (χ3v) is 7.54. The summed E-state index contributed by atoms with van der Waals surface area (Å²) < 4.78 is 41.7. The van der Waals surface area contributed by atoms with E-state index in [9.17, 15) is 9.18 Å². The monoisotopic (exact) mass is 563 g/mol. The van der Waals surface area contributed by atoms with Gasteiger partial charge < -0.3 is 19.1 Å². The predicted octanol–water partition coefficient (Wildman–Crippen LogP) is 5.16. The molecule has 1 amide bonds. The lowest BCUT2D eigenvalue weighted by atomic mass is 9.86. The zero-order valence-electron chi connectivity index (χ0n) is 23.2. The number of aromatic nitrogens is 5. The summed E-state index contributed by atoms with van der Waals surface area (Å²) in [6.07, 6.45) is 3.88. The third kappa shape index (κ3) is 5.50. The Morgan fingerprint density at radius 3 is 2.63 bits per heavy atom. The van der Waals surface area contributed by atoms with Gasteiger partial charge >= 0.3 is 6.09 Å². The standard InChI is InChI=1S/C29H31F2N7O3/c1-28(2,3)41-27(39)37-12-10-29(18-37)9-11-36(17-29)26-21(31)15-32-25(33-26)23-14-24(22-8-13-40-35-22)38(34-23)16-19-6-4-5-7-20(19)30/h4-8,13-15H,9-12,16-18H2,1-3H3. The lowest BCUT2D eigenvalue weighted by molar-refractivity contribution is 0.0276. The molecular weight excluding hydrogens is 532 g/mol. The summed E-state index contributed by atoms with van der Waals surface area (Å²) in [6, 6.07) is 9.88. The lowest BCUT2D eigenvalue weighted by Gasteiger charge is -2.27. The van der Waals surface area contributed by atoms with Crippen LogP contribution in [0.1, 0.15) is 39.2 Å². The second-order valence-electron chi connectivity index (χ2n) is 11.7. The average Bonchev–Trinajstić information content (AvgIpc) is 3.73. The van der Waals surface area contributed by atoms with E-state index >= 15 is 4.39 Å². The highest BCUT2D eigenvalue weighted by Crippen LogP contribution is 2.42. The molecule has 10 nitrogen and oxygen atoms in total. The molecule has 0 bridgehead atoms. The molecule has 2 saturated heterocycles. The van der Waals surface area contributed by atoms with E-state index < -0.39 is 11.4 Å². The van der Waals surface area contributed by atoms with Crippen LogP contribution in [0.4, 0.5) is 19.4 Å². The Kier molecular flexibility index (Phi) is 6.71. The second kappa shape index (κ2) is 10.2. The zero-order chi connectivity index (χ0) is 28.8. The number of ether oxygens (including phenoxy) is 1. The van der Waals surface area contributed by atoms with Gasteiger partial charge in [0.2, 0.25) is 0 Å². The highest BCUT2D eigenvalue weighted by Gasteiger charge is 2.46. The molecular formula is C29H31F2N7O3. The number of hydrogen-bond donors (Lipinski definition) is 0. The number of carbonyl (C=O) groups excluding carboxylic acids is 1. The highest BCUT2D eigenvalue weighted by molar-refractivity contribution is 5.69. The van der Waals surface area contributed by atoms with Crippen molar-refractivity contribution in [3.05, 3.63) is 66.1 Å². The smallest absolute Gasteiger partial charge is 0.410 e. The Morgan fingerprint density at radius 1 is 1.07 bits per heavy atom. The minimum absolute atomic E-state index is 0.145. The van der Waals surface area contributed by atoms with E-state index in [0.717, 1.165) is 19.0 Å². The van der Waals surface area contributed by atoms with Crippen molar-refractivity contribution in [2.24, 2.45) is 5.41 Å². The van der Waals surface area contributed by atoms with E-state index in [4.69, 9.17) is 9.26 Å². The van der Waals surface area contributed by atoms with Crippen LogP contribution < -0.4 is 4.90 Å². The number of amides is 1. The van der Waals surface area contributed by atoms with Crippen molar-refractivity contribution in [3.8, 4) is 22.9 Å². The van der Waals surface area contributed by atoms with Crippen LogP contribution >= 0.6 is 0 Å². The van der Waals surface area contributed by atoms with Gasteiger partial charge in [0.05, 0.1) is 18.4 Å². The van der Waals surface area contributed by atoms with E-state index in [1.54, 1.807) is 39.9 Å². The zero-order valence-corrected chi connectivity index (χ0v) is 23.2. The third-order valence-electron chi connectivity index (χ3n) is 7.54. The van der Waals surface area contributed by atoms with Crippen molar-refractivity contribution in [3.63, 3.8) is 0 Å². The molecule has 2 aliphatic heterocycles. The SMILES string of the molecule is CC(C)(C)OC(=O)N1CCC2(CCN(c3nc(-c4cc(-c5ccon5)n(Cc5ccccc5F)n4)ncc3F)C2)C1. The number of rotatable bonds is 5. The van der Waals surface area contributed by atoms with Gasteiger partial charge in [-0.3, -0.25) is 4.68 Å². The summed E-state index contributed by atoms with van der Waals surface area (Å²) in [5.41, 5.74) is 1.22. The van der Waals surface area contributed by atoms with E-state index in [2.05, 4.69) is 20.2 Å². The van der Waals surface area contributed by atoms with Gasteiger partial charge in [0.15, 0.2) is 17.5 Å². The Balaban J connectivity index is 1.25. The van der Waals surface area contributed by atoms with Crippen LogP contribution in [0.3, 0.4) is 0 Å².